The van der Waals surface area contributed by atoms with Gasteiger partial charge in [0.25, 0.3) is 0 Å². The van der Waals surface area contributed by atoms with Crippen molar-refractivity contribution in [2.24, 2.45) is 0 Å². The molecule has 2 aromatic heterocycles. The summed E-state index contributed by atoms with van der Waals surface area (Å²) in [5, 5.41) is 3.39. The lowest BCUT2D eigenvalue weighted by Crippen LogP contribution is -2.23. The van der Waals surface area contributed by atoms with Crippen molar-refractivity contribution < 1.29 is 4.74 Å². The Morgan fingerprint density at radius 3 is 2.90 bits per heavy atom. The molecule has 0 bridgehead atoms. The molecule has 0 aliphatic carbocycles. The van der Waals surface area contributed by atoms with Gasteiger partial charge in [0.15, 0.2) is 0 Å². The molecule has 0 fully saturated rings. The molecule has 2 aromatic rings. The van der Waals surface area contributed by atoms with Gasteiger partial charge in [-0.25, -0.2) is 4.98 Å². The molecular formula is C16H24N4O. The molecule has 0 spiro atoms. The third-order valence-electron chi connectivity index (χ3n) is 3.13. The third-order valence-corrected chi connectivity index (χ3v) is 3.13. The van der Waals surface area contributed by atoms with Crippen LogP contribution in [-0.2, 0) is 13.1 Å². The molecule has 0 unspecified atom stereocenters. The van der Waals surface area contributed by atoms with Crippen molar-refractivity contribution in [2.75, 3.05) is 6.61 Å². The number of rotatable bonds is 8. The second-order valence-corrected chi connectivity index (χ2v) is 5.44. The van der Waals surface area contributed by atoms with E-state index >= 15 is 0 Å². The summed E-state index contributed by atoms with van der Waals surface area (Å²) in [7, 11) is 0. The van der Waals surface area contributed by atoms with Gasteiger partial charge in [0.1, 0.15) is 5.75 Å². The first-order chi connectivity index (χ1) is 10.1. The van der Waals surface area contributed by atoms with Crippen LogP contribution in [0.1, 0.15) is 31.7 Å². The highest BCUT2D eigenvalue weighted by atomic mass is 16.5. The molecule has 21 heavy (non-hydrogen) atoms. The van der Waals surface area contributed by atoms with Gasteiger partial charge in [-0.15, -0.1) is 0 Å². The van der Waals surface area contributed by atoms with Crippen LogP contribution in [0.4, 0.5) is 0 Å². The van der Waals surface area contributed by atoms with Crippen molar-refractivity contribution in [1.29, 1.82) is 0 Å². The summed E-state index contributed by atoms with van der Waals surface area (Å²) in [5.74, 6) is 0.874. The first-order valence-corrected chi connectivity index (χ1v) is 7.43. The van der Waals surface area contributed by atoms with Gasteiger partial charge in [0.05, 0.1) is 18.6 Å². The zero-order valence-electron chi connectivity index (χ0n) is 13.0. The number of imidazole rings is 1. The lowest BCUT2D eigenvalue weighted by molar-refractivity contribution is 0.296. The third kappa shape index (κ3) is 5.19. The summed E-state index contributed by atoms with van der Waals surface area (Å²) in [6.45, 7) is 8.58. The van der Waals surface area contributed by atoms with Gasteiger partial charge in [-0.2, -0.15) is 0 Å². The monoisotopic (exact) mass is 288 g/mol. The number of hydrogen-bond acceptors (Lipinski definition) is 4. The molecule has 0 saturated carbocycles. The second kappa shape index (κ2) is 7.78. The zero-order valence-corrected chi connectivity index (χ0v) is 13.0. The number of ether oxygens (including phenoxy) is 1. The predicted octanol–water partition coefficient (Wildman–Crippen LogP) is 2.55. The number of aromatic nitrogens is 3. The molecule has 1 N–H and O–H groups in total. The minimum Gasteiger partial charge on any atom is -0.492 e. The molecule has 0 aliphatic rings. The molecule has 0 radical (unpaired) electrons. The van der Waals surface area contributed by atoms with Crippen LogP contribution in [0.5, 0.6) is 5.75 Å². The van der Waals surface area contributed by atoms with Crippen LogP contribution in [0.3, 0.4) is 0 Å². The van der Waals surface area contributed by atoms with Crippen LogP contribution < -0.4 is 10.1 Å². The van der Waals surface area contributed by atoms with E-state index in [-0.39, 0.29) is 0 Å². The molecule has 5 nitrogen and oxygen atoms in total. The van der Waals surface area contributed by atoms with Crippen LogP contribution in [-0.4, -0.2) is 27.2 Å². The van der Waals surface area contributed by atoms with Crippen molar-refractivity contribution >= 4 is 0 Å². The highest BCUT2D eigenvalue weighted by Gasteiger charge is 2.06. The predicted molar refractivity (Wildman–Crippen MR) is 83.3 cm³/mol. The van der Waals surface area contributed by atoms with Crippen LogP contribution in [0.2, 0.25) is 0 Å². The average Bonchev–Trinajstić information content (AvgIpc) is 2.96. The Hall–Kier alpha value is -1.88. The first-order valence-electron chi connectivity index (χ1n) is 7.43. The molecular weight excluding hydrogens is 264 g/mol. The van der Waals surface area contributed by atoms with Gasteiger partial charge in [-0.3, -0.25) is 4.98 Å². The van der Waals surface area contributed by atoms with Crippen molar-refractivity contribution in [3.05, 3.63) is 42.2 Å². The summed E-state index contributed by atoms with van der Waals surface area (Å²) in [4.78, 5) is 8.60. The summed E-state index contributed by atoms with van der Waals surface area (Å²) >= 11 is 0. The van der Waals surface area contributed by atoms with E-state index in [2.05, 4.69) is 33.7 Å². The normalized spacial score (nSPS) is 11.0. The summed E-state index contributed by atoms with van der Waals surface area (Å²) in [6, 6.07) is 4.43. The minimum atomic E-state index is 0.432. The molecule has 114 valence electrons. The standard InChI is InChI=1S/C16H24N4O/c1-13(2)18-11-15-16(6-5-14(3)19-15)21-10-4-8-20-9-7-17-12-20/h5-7,9,12-13,18H,4,8,10-11H2,1-3H3. The fourth-order valence-corrected chi connectivity index (χ4v) is 2.00. The lowest BCUT2D eigenvalue weighted by atomic mass is 10.2. The van der Waals surface area contributed by atoms with Gasteiger partial charge < -0.3 is 14.6 Å². The maximum Gasteiger partial charge on any atom is 0.142 e. The Morgan fingerprint density at radius 2 is 2.19 bits per heavy atom. The molecule has 2 heterocycles. The van der Waals surface area contributed by atoms with Gasteiger partial charge in [0.2, 0.25) is 0 Å². The van der Waals surface area contributed by atoms with E-state index in [1.165, 1.54) is 0 Å². The summed E-state index contributed by atoms with van der Waals surface area (Å²) in [6.07, 6.45) is 6.53. The SMILES string of the molecule is Cc1ccc(OCCCn2ccnc2)c(CNC(C)C)n1. The smallest absolute Gasteiger partial charge is 0.142 e. The molecule has 0 atom stereocenters. The quantitative estimate of drug-likeness (QED) is 0.759. The Kier molecular flexibility index (Phi) is 5.75. The molecule has 0 amide bonds. The Morgan fingerprint density at radius 1 is 1.33 bits per heavy atom. The maximum atomic E-state index is 5.89. The zero-order chi connectivity index (χ0) is 15.1. The molecule has 0 aromatic carbocycles. The fraction of sp³-hybridized carbons (Fsp3) is 0.500. The molecule has 5 heteroatoms. The van der Waals surface area contributed by atoms with E-state index in [0.717, 1.165) is 36.6 Å². The van der Waals surface area contributed by atoms with Crippen molar-refractivity contribution in [3.8, 4) is 5.75 Å². The van der Waals surface area contributed by atoms with Gasteiger partial charge in [-0.1, -0.05) is 13.8 Å². The van der Waals surface area contributed by atoms with Crippen LogP contribution >= 0.6 is 0 Å². The summed E-state index contributed by atoms with van der Waals surface area (Å²) in [5.41, 5.74) is 1.99. The Balaban J connectivity index is 1.86. The molecule has 0 saturated heterocycles. The van der Waals surface area contributed by atoms with Crippen LogP contribution in [0.15, 0.2) is 30.9 Å². The lowest BCUT2D eigenvalue weighted by Gasteiger charge is -2.13. The highest BCUT2D eigenvalue weighted by Crippen LogP contribution is 2.17. The van der Waals surface area contributed by atoms with Crippen molar-refractivity contribution in [1.82, 2.24) is 19.9 Å². The number of aryl methyl sites for hydroxylation is 2. The number of nitrogens with one attached hydrogen (secondary N) is 1. The van der Waals surface area contributed by atoms with E-state index in [4.69, 9.17) is 4.74 Å². The topological polar surface area (TPSA) is 52.0 Å². The van der Waals surface area contributed by atoms with Crippen molar-refractivity contribution in [3.63, 3.8) is 0 Å². The number of pyridine rings is 1. The largest absolute Gasteiger partial charge is 0.492 e. The Labute approximate surface area is 126 Å². The van der Waals surface area contributed by atoms with E-state index < -0.39 is 0 Å². The number of nitrogens with zero attached hydrogens (tertiary/aromatic N) is 3. The first kappa shape index (κ1) is 15.5. The van der Waals surface area contributed by atoms with Crippen LogP contribution in [0, 0.1) is 6.92 Å². The van der Waals surface area contributed by atoms with Gasteiger partial charge in [0, 0.05) is 37.2 Å². The van der Waals surface area contributed by atoms with Crippen LogP contribution in [0.25, 0.3) is 0 Å². The van der Waals surface area contributed by atoms with E-state index in [0.29, 0.717) is 12.6 Å². The minimum absolute atomic E-state index is 0.432. The van der Waals surface area contributed by atoms with Crippen molar-refractivity contribution in [2.45, 2.75) is 46.3 Å². The molecule has 2 rings (SSSR count). The van der Waals surface area contributed by atoms with Gasteiger partial charge in [-0.05, 0) is 25.5 Å². The Bertz CT molecular complexity index is 537. The number of hydrogen-bond donors (Lipinski definition) is 1. The van der Waals surface area contributed by atoms with E-state index in [9.17, 15) is 0 Å². The maximum absolute atomic E-state index is 5.89. The second-order valence-electron chi connectivity index (χ2n) is 5.44. The molecule has 0 aliphatic heterocycles. The van der Waals surface area contributed by atoms with E-state index in [1.807, 2.05) is 31.6 Å². The van der Waals surface area contributed by atoms with E-state index in [1.54, 1.807) is 6.20 Å². The fourth-order valence-electron chi connectivity index (χ4n) is 2.00. The van der Waals surface area contributed by atoms with Gasteiger partial charge >= 0.3 is 0 Å². The highest BCUT2D eigenvalue weighted by molar-refractivity contribution is 5.29. The summed E-state index contributed by atoms with van der Waals surface area (Å²) < 4.78 is 7.94. The average molecular weight is 288 g/mol.